The number of para-hydroxylation sites is 1. The van der Waals surface area contributed by atoms with E-state index in [1.54, 1.807) is 39.6 Å². The Labute approximate surface area is 389 Å². The van der Waals surface area contributed by atoms with E-state index in [9.17, 15) is 19.2 Å². The first-order chi connectivity index (χ1) is 31.6. The second-order valence-corrected chi connectivity index (χ2v) is 18.8. The topological polar surface area (TPSA) is 173 Å². The van der Waals surface area contributed by atoms with E-state index in [0.717, 1.165) is 73.0 Å². The predicted octanol–water partition coefficient (Wildman–Crippen LogP) is 8.73. The minimum atomic E-state index is -0.479. The summed E-state index contributed by atoms with van der Waals surface area (Å²) in [5, 5.41) is 14.8. The number of benzene rings is 4. The zero-order valence-corrected chi connectivity index (χ0v) is 40.0. The Morgan fingerprint density at radius 1 is 0.597 bits per heavy atom. The molecule has 0 saturated carbocycles. The van der Waals surface area contributed by atoms with E-state index in [0.29, 0.717) is 24.1 Å². The van der Waals surface area contributed by atoms with Crippen LogP contribution in [-0.2, 0) is 48.9 Å². The largest absolute Gasteiger partial charge is 0.449 e. The highest BCUT2D eigenvalue weighted by molar-refractivity contribution is 6.09. The highest BCUT2D eigenvalue weighted by atomic mass is 16.4. The summed E-state index contributed by atoms with van der Waals surface area (Å²) in [5.74, 6) is 2.11. The van der Waals surface area contributed by atoms with Crippen LogP contribution in [0.5, 0.6) is 0 Å². The molecule has 0 bridgehead atoms. The van der Waals surface area contributed by atoms with Crippen molar-refractivity contribution in [1.29, 1.82) is 0 Å². The summed E-state index contributed by atoms with van der Waals surface area (Å²) in [6.07, 6.45) is 5.99. The number of rotatable bonds is 3. The summed E-state index contributed by atoms with van der Waals surface area (Å²) in [5.41, 5.74) is 11.5. The zero-order valence-electron chi connectivity index (χ0n) is 40.0. The third kappa shape index (κ3) is 8.30. The molecule has 0 fully saturated rings. The van der Waals surface area contributed by atoms with Crippen LogP contribution in [0, 0.1) is 13.8 Å². The molecule has 15 heteroatoms. The number of fused-ring (bicyclic) bond motifs is 4. The molecule has 4 aliphatic rings. The summed E-state index contributed by atoms with van der Waals surface area (Å²) in [6.45, 7) is 15.3. The molecule has 15 nitrogen and oxygen atoms in total. The number of carbonyl (C=O) groups is 4. The number of aromatic nitrogens is 5. The van der Waals surface area contributed by atoms with Gasteiger partial charge in [0.1, 0.15) is 12.0 Å². The van der Waals surface area contributed by atoms with Gasteiger partial charge in [-0.2, -0.15) is 5.10 Å². The van der Waals surface area contributed by atoms with E-state index in [-0.39, 0.29) is 23.6 Å². The van der Waals surface area contributed by atoms with E-state index < -0.39 is 16.2 Å². The number of aryl methyl sites for hydroxylation is 3. The first kappa shape index (κ1) is 45.9. The summed E-state index contributed by atoms with van der Waals surface area (Å²) < 4.78 is 12.4. The Morgan fingerprint density at radius 3 is 1.58 bits per heavy atom. The van der Waals surface area contributed by atoms with E-state index >= 15 is 0 Å². The summed E-state index contributed by atoms with van der Waals surface area (Å²) in [7, 11) is 7.34. The quantitative estimate of drug-likeness (QED) is 0.181. The minimum Gasteiger partial charge on any atom is -0.449 e. The molecule has 0 atom stereocenters. The van der Waals surface area contributed by atoms with Crippen molar-refractivity contribution < 1.29 is 28.0 Å². The zero-order chi connectivity index (χ0) is 48.3. The number of nitrogens with one attached hydrogen (secondary N) is 1. The Morgan fingerprint density at radius 2 is 1.10 bits per heavy atom. The molecule has 7 heterocycles. The van der Waals surface area contributed by atoms with Crippen LogP contribution in [0.4, 0.5) is 22.7 Å². The second kappa shape index (κ2) is 17.0. The Bertz CT molecular complexity index is 2790. The maximum atomic E-state index is 12.2. The van der Waals surface area contributed by atoms with Crippen LogP contribution in [-0.4, -0.2) is 69.7 Å². The third-order valence-electron chi connectivity index (χ3n) is 13.0. The normalized spacial score (nSPS) is 16.5. The maximum absolute atomic E-state index is 12.2. The first-order valence-electron chi connectivity index (χ1n) is 22.0. The smallest absolute Gasteiger partial charge is 0.247 e. The molecule has 0 spiro atoms. The average molecular weight is 902 g/mol. The van der Waals surface area contributed by atoms with Crippen LogP contribution in [0.3, 0.4) is 0 Å². The maximum Gasteiger partial charge on any atom is 0.247 e. The van der Waals surface area contributed by atoms with Gasteiger partial charge in [0.25, 0.3) is 0 Å². The lowest BCUT2D eigenvalue weighted by molar-refractivity contribution is -0.122. The van der Waals surface area contributed by atoms with Gasteiger partial charge in [-0.05, 0) is 99.7 Å². The molecular formula is C52H55N9O6. The van der Waals surface area contributed by atoms with E-state index in [1.807, 2.05) is 143 Å². The summed E-state index contributed by atoms with van der Waals surface area (Å²) >= 11 is 0. The fraction of sp³-hybridized carbons (Fsp3) is 0.308. The van der Waals surface area contributed by atoms with Crippen LogP contribution in [0.1, 0.15) is 75.6 Å². The van der Waals surface area contributed by atoms with Crippen molar-refractivity contribution in [3.05, 3.63) is 132 Å². The molecule has 0 unspecified atom stereocenters. The van der Waals surface area contributed by atoms with Crippen molar-refractivity contribution in [3.63, 3.8) is 0 Å². The standard InChI is InChI=1S/C15H17N3O.C15H16N2O2.C14H15N3O2.C8H7NO/c1-15(2)12-6-5-10(11-8-16-17(3)9-11)7-13(12)18(4)14(15)19;1-9-16-12(8-19-9)10-5-6-11-13(7-10)17(4)14(18)15(11,2)3;1-8-15-16-12(19-8)9-5-6-10-11(7-9)17(4)13(18)14(10,2)3;10-8-5-6-3-1-2-4-7(6)9-8/h5-9H,1-4H3;5-8H,1-4H3;5-7H,1-4H3;1-4H,5H2,(H,9,10). The lowest BCUT2D eigenvalue weighted by atomic mass is 9.85. The molecule has 0 aliphatic carbocycles. The van der Waals surface area contributed by atoms with Gasteiger partial charge >= 0.3 is 0 Å². The second-order valence-electron chi connectivity index (χ2n) is 18.8. The van der Waals surface area contributed by atoms with Crippen molar-refractivity contribution in [2.24, 2.45) is 7.05 Å². The van der Waals surface area contributed by atoms with Crippen LogP contribution in [0.25, 0.3) is 33.8 Å². The van der Waals surface area contributed by atoms with Gasteiger partial charge in [0.2, 0.25) is 35.4 Å². The van der Waals surface area contributed by atoms with Crippen LogP contribution < -0.4 is 20.0 Å². The fourth-order valence-corrected chi connectivity index (χ4v) is 9.06. The van der Waals surface area contributed by atoms with Crippen molar-refractivity contribution in [2.45, 2.75) is 78.1 Å². The lowest BCUT2D eigenvalue weighted by Gasteiger charge is -2.16. The highest BCUT2D eigenvalue weighted by Crippen LogP contribution is 2.45. The number of nitrogens with zero attached hydrogens (tertiary/aromatic N) is 8. The molecule has 3 aromatic heterocycles. The molecule has 0 saturated heterocycles. The van der Waals surface area contributed by atoms with E-state index in [1.165, 1.54) is 0 Å². The molecule has 4 aromatic carbocycles. The molecule has 344 valence electrons. The number of anilines is 4. The molecular weight excluding hydrogens is 847 g/mol. The monoisotopic (exact) mass is 901 g/mol. The Balaban J connectivity index is 0.000000124. The van der Waals surface area contributed by atoms with Crippen LogP contribution in [0.15, 0.2) is 106 Å². The third-order valence-corrected chi connectivity index (χ3v) is 13.0. The molecule has 4 amide bonds. The van der Waals surface area contributed by atoms with Gasteiger partial charge in [0.05, 0.1) is 28.9 Å². The van der Waals surface area contributed by atoms with Gasteiger partial charge in [-0.1, -0.05) is 48.5 Å². The predicted molar refractivity (Wildman–Crippen MR) is 258 cm³/mol. The van der Waals surface area contributed by atoms with E-state index in [4.69, 9.17) is 8.83 Å². The SMILES string of the molecule is CN1C(=O)C(C)(C)c2ccc(-c3cnn(C)c3)cc21.Cc1nc(-c2ccc3c(c2)N(C)C(=O)C3(C)C)co1.Cc1nnc(-c2ccc3c(c2)N(C)C(=O)C3(C)C)o1.O=C1Cc2ccccc2N1. The minimum absolute atomic E-state index is 0.0983. The molecule has 0 radical (unpaired) electrons. The van der Waals surface area contributed by atoms with E-state index in [2.05, 4.69) is 43.8 Å². The van der Waals surface area contributed by atoms with Gasteiger partial charge in [-0.15, -0.1) is 10.2 Å². The number of oxazole rings is 1. The average Bonchev–Trinajstić information content (AvgIpc) is 4.19. The Hall–Kier alpha value is -7.68. The van der Waals surface area contributed by atoms with Crippen LogP contribution in [0.2, 0.25) is 0 Å². The van der Waals surface area contributed by atoms with Crippen molar-refractivity contribution in [3.8, 4) is 33.8 Å². The summed E-state index contributed by atoms with van der Waals surface area (Å²) in [4.78, 5) is 56.9. The van der Waals surface area contributed by atoms with Crippen molar-refractivity contribution in [2.75, 3.05) is 41.2 Å². The Kier molecular flexibility index (Phi) is 11.6. The summed E-state index contributed by atoms with van der Waals surface area (Å²) in [6, 6.07) is 25.7. The number of hydrogen-bond donors (Lipinski definition) is 1. The lowest BCUT2D eigenvalue weighted by Crippen LogP contribution is -2.33. The first-order valence-corrected chi connectivity index (χ1v) is 22.0. The van der Waals surface area contributed by atoms with Crippen molar-refractivity contribution >= 4 is 46.4 Å². The number of amides is 4. The number of carbonyl (C=O) groups excluding carboxylic acids is 4. The van der Waals surface area contributed by atoms with Gasteiger partial charge in [-0.3, -0.25) is 23.9 Å². The molecule has 1 N–H and O–H groups in total. The van der Waals surface area contributed by atoms with Gasteiger partial charge in [0.15, 0.2) is 5.89 Å². The molecule has 11 rings (SSSR count). The van der Waals surface area contributed by atoms with Gasteiger partial charge in [-0.25, -0.2) is 4.98 Å². The van der Waals surface area contributed by atoms with Crippen LogP contribution >= 0.6 is 0 Å². The molecule has 4 aliphatic heterocycles. The van der Waals surface area contributed by atoms with Gasteiger partial charge < -0.3 is 28.9 Å². The van der Waals surface area contributed by atoms with Crippen molar-refractivity contribution in [1.82, 2.24) is 25.0 Å². The fourth-order valence-electron chi connectivity index (χ4n) is 9.06. The molecule has 7 aromatic rings. The molecule has 67 heavy (non-hydrogen) atoms. The van der Waals surface area contributed by atoms with Gasteiger partial charge in [0, 0.05) is 87.7 Å². The highest BCUT2D eigenvalue weighted by Gasteiger charge is 2.44. The number of hydrogen-bond acceptors (Lipinski definition) is 10. The number of likely N-dealkylation sites (N-methyl/N-ethyl adjacent to an activating group) is 3.